The first-order valence-electron chi connectivity index (χ1n) is 43.3. The molecule has 1 heterocycles. The van der Waals surface area contributed by atoms with Crippen molar-refractivity contribution < 1.29 is 188 Å². The number of rotatable bonds is 99. The van der Waals surface area contributed by atoms with Crippen LogP contribution in [0, 0.1) is 23.3 Å². The van der Waals surface area contributed by atoms with Crippen molar-refractivity contribution in [2.75, 3.05) is 390 Å². The standard InChI is InChI=1S/C85H139F4N3O36/c1-99-17-18-103-25-26-107-31-32-109-35-36-111-39-40-113-43-44-115-47-48-117-51-52-119-55-56-121-59-60-123-63-64-125-67-68-126-66-65-124-62-61-122-58-57-120-54-53-118-50-49-116-46-45-114-42-41-112-38-37-110-34-33-108-30-27-104-22-19-100-14-2-3-77(93)76(69-72-4-6-73(7-5-72)127-71-82(98)128-85-83(88)74(86)70-75(87)84(85)89)91-79(95)11-15-101-20-23-105-28-29-106-24-21-102-16-12-90-78(94)10-13-92-80(96)8-9-81(92)97/h4-9,70,76H,2-3,10-69,71H2,1H3,(H,90,94)(H,91,95)/t76-/m0/s1. The van der Waals surface area contributed by atoms with Crippen molar-refractivity contribution in [3.63, 3.8) is 0 Å². The molecule has 4 amide bonds. The minimum Gasteiger partial charge on any atom is -0.482 e. The Kier molecular flexibility index (Phi) is 79.2. The summed E-state index contributed by atoms with van der Waals surface area (Å²) in [5.41, 5.74) is 0.585. The highest BCUT2D eigenvalue weighted by atomic mass is 19.2. The highest BCUT2D eigenvalue weighted by Crippen LogP contribution is 2.27. The molecule has 2 aromatic rings. The first-order chi connectivity index (χ1) is 62.9. The lowest BCUT2D eigenvalue weighted by Gasteiger charge is -2.18. The largest absolute Gasteiger partial charge is 0.482 e. The van der Waals surface area contributed by atoms with Crippen LogP contribution >= 0.6 is 0 Å². The van der Waals surface area contributed by atoms with Gasteiger partial charge in [-0.2, -0.15) is 8.78 Å². The van der Waals surface area contributed by atoms with Gasteiger partial charge in [0.15, 0.2) is 24.0 Å². The molecule has 0 radical (unpaired) electrons. The van der Waals surface area contributed by atoms with Gasteiger partial charge in [0, 0.05) is 64.3 Å². The Morgan fingerprint density at radius 2 is 0.602 bits per heavy atom. The molecule has 2 aromatic carbocycles. The van der Waals surface area contributed by atoms with Crippen molar-refractivity contribution >= 4 is 35.4 Å². The number of nitrogens with one attached hydrogen (secondary N) is 2. The molecule has 1 atom stereocenters. The molecule has 0 bridgehead atoms. The summed E-state index contributed by atoms with van der Waals surface area (Å²) in [4.78, 5) is 75.1. The third-order valence-corrected chi connectivity index (χ3v) is 16.7. The molecule has 0 saturated heterocycles. The van der Waals surface area contributed by atoms with E-state index in [1.165, 1.54) is 12.1 Å². The molecule has 0 unspecified atom stereocenters. The number of esters is 1. The molecule has 2 N–H and O–H groups in total. The van der Waals surface area contributed by atoms with Crippen LogP contribution in [0.1, 0.15) is 31.2 Å². The van der Waals surface area contributed by atoms with Gasteiger partial charge in [0.05, 0.1) is 363 Å². The number of ketones is 1. The number of halogens is 4. The van der Waals surface area contributed by atoms with Crippen molar-refractivity contribution in [1.82, 2.24) is 15.5 Å². The minimum absolute atomic E-state index is 0.00426. The third-order valence-electron chi connectivity index (χ3n) is 16.7. The fourth-order valence-corrected chi connectivity index (χ4v) is 10.1. The predicted octanol–water partition coefficient (Wildman–Crippen LogP) is 2.52. The van der Waals surface area contributed by atoms with Gasteiger partial charge in [-0.1, -0.05) is 12.1 Å². The van der Waals surface area contributed by atoms with E-state index >= 15 is 0 Å². The monoisotopic (exact) mass is 1850 g/mol. The molecule has 0 aromatic heterocycles. The predicted molar refractivity (Wildman–Crippen MR) is 446 cm³/mol. The van der Waals surface area contributed by atoms with Gasteiger partial charge in [-0.05, 0) is 30.5 Å². The fraction of sp³-hybridized carbons (Fsp3) is 0.765. The number of benzene rings is 2. The second-order valence-electron chi connectivity index (χ2n) is 26.6. The lowest BCUT2D eigenvalue weighted by atomic mass is 9.99. The maximum Gasteiger partial charge on any atom is 0.349 e. The highest BCUT2D eigenvalue weighted by Gasteiger charge is 2.26. The van der Waals surface area contributed by atoms with Gasteiger partial charge >= 0.3 is 5.97 Å². The lowest BCUT2D eigenvalue weighted by molar-refractivity contribution is -0.138. The van der Waals surface area contributed by atoms with Gasteiger partial charge < -0.3 is 153 Å². The maximum absolute atomic E-state index is 14.0. The Balaban J connectivity index is 1.01. The second-order valence-corrected chi connectivity index (χ2v) is 26.6. The summed E-state index contributed by atoms with van der Waals surface area (Å²) in [6, 6.07) is 5.01. The van der Waals surface area contributed by atoms with Gasteiger partial charge in [-0.25, -0.2) is 13.6 Å². The number of Topliss-reactive ketones (excluding diaryl/α,β-unsaturated/α-hetero) is 1. The van der Waals surface area contributed by atoms with Crippen LogP contribution in [-0.2, 0) is 168 Å². The van der Waals surface area contributed by atoms with E-state index in [1.54, 1.807) is 19.2 Å². The van der Waals surface area contributed by atoms with Gasteiger partial charge in [-0.15, -0.1) is 0 Å². The average molecular weight is 1860 g/mol. The van der Waals surface area contributed by atoms with Crippen LogP contribution in [0.4, 0.5) is 17.6 Å². The number of carbonyl (C=O) groups excluding carboxylic acids is 6. The molecule has 128 heavy (non-hydrogen) atoms. The van der Waals surface area contributed by atoms with E-state index in [9.17, 15) is 46.3 Å². The molecule has 1 aliphatic rings. The summed E-state index contributed by atoms with van der Waals surface area (Å²) in [5.74, 6) is -12.0. The van der Waals surface area contributed by atoms with E-state index in [-0.39, 0.29) is 135 Å². The van der Waals surface area contributed by atoms with Crippen molar-refractivity contribution in [3.05, 3.63) is 71.3 Å². The van der Waals surface area contributed by atoms with E-state index < -0.39 is 65.4 Å². The Hall–Kier alpha value is -6.20. The summed E-state index contributed by atoms with van der Waals surface area (Å²) < 4.78 is 219. The molecule has 0 aliphatic carbocycles. The molecular weight excluding hydrogens is 1710 g/mol. The van der Waals surface area contributed by atoms with Gasteiger partial charge in [0.25, 0.3) is 11.8 Å². The average Bonchev–Trinajstić information content (AvgIpc) is 0.978. The SMILES string of the molecule is COCCOCCOCCOCCOCCOCCOCCOCCOCCOCCOCCOCCOCCOCCOCCOCCOCCOCCOCCOCCOCCOCCOCCOCCCC(=O)[C@H](Cc1ccc(OCC(=O)Oc2c(F)c(F)cc(F)c2F)cc1)NC(=O)CCOCCOCCOCCOCCNC(=O)CCN1C(=O)C=CC1=O. The topological polar surface area (TPSA) is 407 Å². The molecular formula is C85H139F4N3O36. The minimum atomic E-state index is -1.89. The summed E-state index contributed by atoms with van der Waals surface area (Å²) >= 11 is 0. The van der Waals surface area contributed by atoms with Gasteiger partial charge in [0.1, 0.15) is 5.75 Å². The summed E-state index contributed by atoms with van der Waals surface area (Å²) in [7, 11) is 1.64. The molecule has 43 heteroatoms. The number of ether oxygens (including phenoxy) is 30. The van der Waals surface area contributed by atoms with Crippen LogP contribution in [0.5, 0.6) is 11.5 Å². The smallest absolute Gasteiger partial charge is 0.349 e. The molecule has 0 fully saturated rings. The summed E-state index contributed by atoms with van der Waals surface area (Å²) in [6.45, 7) is 22.0. The number of hydrogen-bond acceptors (Lipinski definition) is 36. The van der Waals surface area contributed by atoms with Gasteiger partial charge in [-0.3, -0.25) is 28.9 Å². The Morgan fingerprint density at radius 1 is 0.328 bits per heavy atom. The first-order valence-corrected chi connectivity index (χ1v) is 43.3. The van der Waals surface area contributed by atoms with Crippen LogP contribution in [0.3, 0.4) is 0 Å². The molecule has 1 aliphatic heterocycles. The third kappa shape index (κ3) is 70.6. The number of nitrogens with zero attached hydrogens (tertiary/aromatic N) is 1. The molecule has 3 rings (SSSR count). The Labute approximate surface area is 747 Å². The van der Waals surface area contributed by atoms with E-state index in [2.05, 4.69) is 15.4 Å². The molecule has 0 spiro atoms. The van der Waals surface area contributed by atoms with Crippen molar-refractivity contribution in [1.29, 1.82) is 0 Å². The number of carbonyl (C=O) groups is 6. The number of hydrogen-bond donors (Lipinski definition) is 2. The normalized spacial score (nSPS) is 12.4. The summed E-state index contributed by atoms with van der Waals surface area (Å²) in [6.07, 6.45) is 2.69. The maximum atomic E-state index is 14.0. The Bertz CT molecular complexity index is 2980. The van der Waals surface area contributed by atoms with Gasteiger partial charge in [0.2, 0.25) is 29.2 Å². The number of imide groups is 1. The first kappa shape index (κ1) is 116. The van der Waals surface area contributed by atoms with Crippen molar-refractivity contribution in [3.8, 4) is 11.5 Å². The highest BCUT2D eigenvalue weighted by molar-refractivity contribution is 6.13. The van der Waals surface area contributed by atoms with Crippen LogP contribution in [0.15, 0.2) is 42.5 Å². The second kappa shape index (κ2) is 87.5. The molecule has 738 valence electrons. The molecule has 39 nitrogen and oxygen atoms in total. The van der Waals surface area contributed by atoms with Crippen molar-refractivity contribution in [2.45, 2.75) is 38.1 Å². The number of amides is 4. The molecule has 0 saturated carbocycles. The zero-order valence-corrected chi connectivity index (χ0v) is 74.3. The van der Waals surface area contributed by atoms with Crippen LogP contribution < -0.4 is 20.1 Å². The Morgan fingerprint density at radius 3 is 0.898 bits per heavy atom. The lowest BCUT2D eigenvalue weighted by Crippen LogP contribution is -2.42. The van der Waals surface area contributed by atoms with Crippen LogP contribution in [0.25, 0.3) is 0 Å². The van der Waals surface area contributed by atoms with E-state index in [0.717, 1.165) is 17.1 Å². The van der Waals surface area contributed by atoms with Crippen LogP contribution in [-0.4, -0.2) is 437 Å². The van der Waals surface area contributed by atoms with Crippen LogP contribution in [0.2, 0.25) is 0 Å². The van der Waals surface area contributed by atoms with E-state index in [0.29, 0.717) is 303 Å². The van der Waals surface area contributed by atoms with E-state index in [4.69, 9.17) is 137 Å². The quantitative estimate of drug-likeness (QED) is 0.0240. The zero-order chi connectivity index (χ0) is 91.8. The van der Waals surface area contributed by atoms with E-state index in [1.807, 2.05) is 0 Å². The zero-order valence-electron chi connectivity index (χ0n) is 74.3. The summed E-state index contributed by atoms with van der Waals surface area (Å²) in [5, 5.41) is 5.44. The fourth-order valence-electron chi connectivity index (χ4n) is 10.1. The number of methoxy groups -OCH3 is 1. The van der Waals surface area contributed by atoms with Crippen molar-refractivity contribution in [2.24, 2.45) is 0 Å².